The van der Waals surface area contributed by atoms with E-state index in [4.69, 9.17) is 13.5 Å². The highest BCUT2D eigenvalue weighted by molar-refractivity contribution is 14.1. The van der Waals surface area contributed by atoms with Gasteiger partial charge in [-0.2, -0.15) is 0 Å². The molecule has 206 valence electrons. The number of nitrogen functional groups attached to an aromatic ring is 1. The number of halogens is 1. The number of hydrogen-bond acceptors (Lipinski definition) is 8. The minimum Gasteiger partial charge on any atom is -0.451 e. The molecule has 1 aromatic heterocycles. The molecule has 0 bridgehead atoms. The number of amides is 1. The summed E-state index contributed by atoms with van der Waals surface area (Å²) < 4.78 is 10.9. The summed E-state index contributed by atoms with van der Waals surface area (Å²) in [6.07, 6.45) is 5.13. The smallest absolute Gasteiger partial charge is 0.338 e. The van der Waals surface area contributed by atoms with E-state index in [0.717, 1.165) is 29.9 Å². The standard InChI is InChI=1S/C28H37IN4O4S/c1-18(33(16-34)15-21-14-31-19(2)32-25(21)30)24(9-12-37-29)38-17-36-26(35)20-7-8-22-23(13-20)28(5,6)11-10-27(22,3)4/h7-8,13-14,16H,9-12,15,17H2,1-6H3,(H2,30,31,32)/b24-18-. The molecule has 0 saturated heterocycles. The molecule has 0 atom stereocenters. The van der Waals surface area contributed by atoms with Crippen molar-refractivity contribution in [1.82, 2.24) is 14.9 Å². The number of ether oxygens (including phenoxy) is 1. The molecule has 0 spiro atoms. The first-order valence-corrected chi connectivity index (χ1v) is 14.4. The maximum atomic E-state index is 13.0. The first kappa shape index (κ1) is 30.4. The number of benzene rings is 1. The van der Waals surface area contributed by atoms with Gasteiger partial charge in [0, 0.05) is 28.8 Å². The number of aromatic nitrogens is 2. The van der Waals surface area contributed by atoms with E-state index in [9.17, 15) is 9.59 Å². The maximum Gasteiger partial charge on any atom is 0.338 e. The van der Waals surface area contributed by atoms with E-state index in [0.29, 0.717) is 35.8 Å². The number of esters is 1. The van der Waals surface area contributed by atoms with Crippen molar-refractivity contribution in [1.29, 1.82) is 0 Å². The molecule has 0 saturated carbocycles. The van der Waals surface area contributed by atoms with Gasteiger partial charge in [0.1, 0.15) is 40.6 Å². The molecule has 3 rings (SSSR count). The van der Waals surface area contributed by atoms with Crippen molar-refractivity contribution in [3.63, 3.8) is 0 Å². The minimum atomic E-state index is -0.363. The van der Waals surface area contributed by atoms with Crippen LogP contribution in [0.2, 0.25) is 0 Å². The number of fused-ring (bicyclic) bond motifs is 1. The molecule has 0 radical (unpaired) electrons. The Kier molecular flexibility index (Phi) is 10.2. The number of rotatable bonds is 11. The van der Waals surface area contributed by atoms with Crippen LogP contribution >= 0.6 is 34.8 Å². The van der Waals surface area contributed by atoms with Crippen LogP contribution in [0.3, 0.4) is 0 Å². The Hall–Kier alpha value is -2.18. The lowest BCUT2D eigenvalue weighted by Gasteiger charge is -2.41. The Morgan fingerprint density at radius 1 is 1.21 bits per heavy atom. The molecule has 38 heavy (non-hydrogen) atoms. The largest absolute Gasteiger partial charge is 0.451 e. The summed E-state index contributed by atoms with van der Waals surface area (Å²) in [5.41, 5.74) is 10.6. The summed E-state index contributed by atoms with van der Waals surface area (Å²) in [4.78, 5) is 35.8. The van der Waals surface area contributed by atoms with Crippen molar-refractivity contribution in [2.45, 2.75) is 78.2 Å². The zero-order valence-electron chi connectivity index (χ0n) is 23.0. The van der Waals surface area contributed by atoms with Crippen LogP contribution in [-0.2, 0) is 30.0 Å². The first-order valence-electron chi connectivity index (χ1n) is 12.6. The second kappa shape index (κ2) is 12.8. The SMILES string of the molecule is C/C(=C(\CCOI)SCOC(=O)c1ccc2c(c1)C(C)(C)CCC2(C)C)N(C=O)Cc1cnc(C)nc1N. The van der Waals surface area contributed by atoms with E-state index in [1.807, 2.05) is 42.1 Å². The molecule has 0 fully saturated rings. The average molecular weight is 653 g/mol. The van der Waals surface area contributed by atoms with Crippen LogP contribution in [0.4, 0.5) is 5.82 Å². The van der Waals surface area contributed by atoms with E-state index in [1.54, 1.807) is 18.0 Å². The van der Waals surface area contributed by atoms with Gasteiger partial charge in [0.2, 0.25) is 6.41 Å². The van der Waals surface area contributed by atoms with Gasteiger partial charge >= 0.3 is 5.97 Å². The van der Waals surface area contributed by atoms with Crippen LogP contribution in [0.15, 0.2) is 35.0 Å². The second-order valence-electron chi connectivity index (χ2n) is 10.9. The van der Waals surface area contributed by atoms with Crippen LogP contribution in [0, 0.1) is 6.92 Å². The molecule has 2 aromatic rings. The molecule has 8 nitrogen and oxygen atoms in total. The maximum absolute atomic E-state index is 13.0. The van der Waals surface area contributed by atoms with Gasteiger partial charge in [-0.05, 0) is 60.8 Å². The quantitative estimate of drug-likeness (QED) is 0.132. The van der Waals surface area contributed by atoms with Crippen molar-refractivity contribution < 1.29 is 17.4 Å². The van der Waals surface area contributed by atoms with Gasteiger partial charge in [0.05, 0.1) is 18.7 Å². The van der Waals surface area contributed by atoms with E-state index < -0.39 is 0 Å². The van der Waals surface area contributed by atoms with Gasteiger partial charge in [-0.15, -0.1) is 0 Å². The van der Waals surface area contributed by atoms with Crippen LogP contribution in [0.25, 0.3) is 0 Å². The molecule has 1 aliphatic carbocycles. The summed E-state index contributed by atoms with van der Waals surface area (Å²) in [6, 6.07) is 5.94. The molecule has 0 aliphatic heterocycles. The van der Waals surface area contributed by atoms with Gasteiger partial charge in [-0.1, -0.05) is 45.5 Å². The molecule has 2 N–H and O–H groups in total. The number of nitrogens with zero attached hydrogens (tertiary/aromatic N) is 3. The third kappa shape index (κ3) is 7.26. The van der Waals surface area contributed by atoms with Crippen LogP contribution in [0.1, 0.15) is 86.8 Å². The highest BCUT2D eigenvalue weighted by Gasteiger charge is 2.37. The lowest BCUT2D eigenvalue weighted by atomic mass is 9.63. The van der Waals surface area contributed by atoms with Crippen molar-refractivity contribution >= 4 is 53.0 Å². The number of thioether (sulfide) groups is 1. The molecule has 10 heteroatoms. The molecule has 1 heterocycles. The normalized spacial score (nSPS) is 16.3. The van der Waals surface area contributed by atoms with Gasteiger partial charge in [0.25, 0.3) is 0 Å². The van der Waals surface area contributed by atoms with Crippen LogP contribution in [0.5, 0.6) is 0 Å². The van der Waals surface area contributed by atoms with E-state index in [2.05, 4.69) is 43.7 Å². The average Bonchev–Trinajstić information content (AvgIpc) is 2.87. The predicted octanol–water partition coefficient (Wildman–Crippen LogP) is 6.21. The second-order valence-corrected chi connectivity index (χ2v) is 12.5. The molecule has 1 aliphatic rings. The van der Waals surface area contributed by atoms with Gasteiger partial charge in [0.15, 0.2) is 0 Å². The summed E-state index contributed by atoms with van der Waals surface area (Å²) in [5.74, 6) is 0.659. The Labute approximate surface area is 243 Å². The zero-order valence-corrected chi connectivity index (χ0v) is 25.9. The van der Waals surface area contributed by atoms with Crippen molar-refractivity contribution in [3.05, 3.63) is 63.1 Å². The number of aryl methyl sites for hydroxylation is 1. The highest BCUT2D eigenvalue weighted by atomic mass is 127. The summed E-state index contributed by atoms with van der Waals surface area (Å²) >= 11 is 3.21. The minimum absolute atomic E-state index is 0.00647. The lowest BCUT2D eigenvalue weighted by molar-refractivity contribution is -0.116. The van der Waals surface area contributed by atoms with Crippen LogP contribution in [-0.4, -0.2) is 39.8 Å². The van der Waals surface area contributed by atoms with Gasteiger partial charge in [-0.25, -0.2) is 14.8 Å². The topological polar surface area (TPSA) is 108 Å². The number of allylic oxidation sites excluding steroid dienone is 1. The number of nitrogens with two attached hydrogens (primary N) is 1. The molecule has 0 unspecified atom stereocenters. The van der Waals surface area contributed by atoms with Crippen molar-refractivity contribution in [2.75, 3.05) is 18.3 Å². The van der Waals surface area contributed by atoms with Gasteiger partial charge < -0.3 is 18.4 Å². The Morgan fingerprint density at radius 3 is 2.53 bits per heavy atom. The zero-order chi connectivity index (χ0) is 28.1. The van der Waals surface area contributed by atoms with E-state index >= 15 is 0 Å². The fourth-order valence-corrected chi connectivity index (χ4v) is 5.74. The Balaban J connectivity index is 1.74. The number of anilines is 1. The molecule has 1 amide bonds. The fourth-order valence-electron chi connectivity index (χ4n) is 4.65. The predicted molar refractivity (Wildman–Crippen MR) is 160 cm³/mol. The number of carbonyl (C=O) groups is 2. The third-order valence-corrected chi connectivity index (χ3v) is 8.76. The third-order valence-electron chi connectivity index (χ3n) is 7.24. The first-order chi connectivity index (χ1) is 17.9. The summed E-state index contributed by atoms with van der Waals surface area (Å²) in [6.45, 7) is 13.3. The lowest BCUT2D eigenvalue weighted by Crippen LogP contribution is -2.34. The highest BCUT2D eigenvalue weighted by Crippen LogP contribution is 2.46. The van der Waals surface area contributed by atoms with E-state index in [1.165, 1.54) is 22.9 Å². The fraction of sp³-hybridized carbons (Fsp3) is 0.500. The van der Waals surface area contributed by atoms with Crippen LogP contribution < -0.4 is 5.73 Å². The summed E-state index contributed by atoms with van der Waals surface area (Å²) in [5, 5.41) is 0. The summed E-state index contributed by atoms with van der Waals surface area (Å²) in [7, 11) is 0. The molecule has 1 aromatic carbocycles. The van der Waals surface area contributed by atoms with E-state index in [-0.39, 0.29) is 29.3 Å². The van der Waals surface area contributed by atoms with Crippen molar-refractivity contribution in [3.8, 4) is 0 Å². The number of carbonyl (C=O) groups excluding carboxylic acids is 2. The monoisotopic (exact) mass is 652 g/mol. The molecular formula is C28H37IN4O4S. The molecular weight excluding hydrogens is 615 g/mol. The Morgan fingerprint density at radius 2 is 1.89 bits per heavy atom. The Bertz CT molecular complexity index is 1220. The number of hydrogen-bond donors (Lipinski definition) is 1. The van der Waals surface area contributed by atoms with Crippen molar-refractivity contribution in [2.24, 2.45) is 0 Å². The van der Waals surface area contributed by atoms with Gasteiger partial charge in [-0.3, -0.25) is 4.79 Å².